The Labute approximate surface area is 241 Å². The van der Waals surface area contributed by atoms with E-state index in [2.05, 4.69) is 33.5 Å². The molecule has 0 saturated carbocycles. The third kappa shape index (κ3) is 4.84. The fourth-order valence-corrected chi connectivity index (χ4v) is 6.89. The Bertz CT molecular complexity index is 1590. The molecule has 1 saturated heterocycles. The number of thiophene rings is 1. The molecule has 6 rings (SSSR count). The number of nitrogens with zero attached hydrogens (tertiary/aromatic N) is 6. The van der Waals surface area contributed by atoms with Crippen LogP contribution in [-0.2, 0) is 14.4 Å². The predicted molar refractivity (Wildman–Crippen MR) is 154 cm³/mol. The third-order valence-electron chi connectivity index (χ3n) is 7.87. The fraction of sp³-hybridized carbons (Fsp3) is 0.379. The first-order valence-electron chi connectivity index (χ1n) is 13.3. The zero-order valence-electron chi connectivity index (χ0n) is 22.6. The quantitative estimate of drug-likeness (QED) is 0.428. The lowest BCUT2D eigenvalue weighted by Crippen LogP contribution is -2.49. The van der Waals surface area contributed by atoms with Crippen LogP contribution in [0.5, 0.6) is 0 Å². The van der Waals surface area contributed by atoms with Crippen molar-refractivity contribution >= 4 is 46.1 Å². The van der Waals surface area contributed by atoms with E-state index < -0.39 is 6.04 Å². The first-order chi connectivity index (χ1) is 19.2. The SMILES string of the molecule is Cc1sc2c(c1C)C(c1ccc(Cl)cc1)=N[C@@H](CC(=O)N1CCN(CC3=CC(=O)CC3=O)CC1)c1nnc(C)n1-2. The predicted octanol–water partition coefficient (Wildman–Crippen LogP) is 3.80. The molecule has 3 aromatic rings. The summed E-state index contributed by atoms with van der Waals surface area (Å²) in [6, 6.07) is 7.13. The molecule has 1 fully saturated rings. The number of piperazine rings is 1. The Balaban J connectivity index is 1.27. The summed E-state index contributed by atoms with van der Waals surface area (Å²) in [5.74, 6) is 1.20. The monoisotopic (exact) mass is 576 g/mol. The van der Waals surface area contributed by atoms with Gasteiger partial charge in [-0.15, -0.1) is 21.5 Å². The van der Waals surface area contributed by atoms with Gasteiger partial charge in [-0.2, -0.15) is 0 Å². The van der Waals surface area contributed by atoms with Crippen LogP contribution in [-0.4, -0.2) is 80.5 Å². The first kappa shape index (κ1) is 26.7. The number of hydrogen-bond donors (Lipinski definition) is 0. The number of benzene rings is 1. The molecule has 3 aliphatic rings. The van der Waals surface area contributed by atoms with E-state index in [4.69, 9.17) is 16.6 Å². The lowest BCUT2D eigenvalue weighted by Gasteiger charge is -2.35. The molecule has 2 aliphatic heterocycles. The van der Waals surface area contributed by atoms with Gasteiger partial charge in [-0.05, 0) is 44.5 Å². The van der Waals surface area contributed by atoms with E-state index in [9.17, 15) is 14.4 Å². The number of fused-ring (bicyclic) bond motifs is 3. The van der Waals surface area contributed by atoms with Crippen LogP contribution in [0.2, 0.25) is 5.02 Å². The highest BCUT2D eigenvalue weighted by atomic mass is 35.5. The van der Waals surface area contributed by atoms with Crippen molar-refractivity contribution in [1.29, 1.82) is 0 Å². The number of Topliss-reactive ketones (excluding diaryl/α,β-unsaturated/α-hetero) is 1. The van der Waals surface area contributed by atoms with Gasteiger partial charge >= 0.3 is 0 Å². The Kier molecular flexibility index (Phi) is 7.02. The lowest BCUT2D eigenvalue weighted by molar-refractivity contribution is -0.133. The molecule has 0 unspecified atom stereocenters. The summed E-state index contributed by atoms with van der Waals surface area (Å²) >= 11 is 7.88. The minimum Gasteiger partial charge on any atom is -0.340 e. The Hall–Kier alpha value is -3.47. The smallest absolute Gasteiger partial charge is 0.225 e. The van der Waals surface area contributed by atoms with Crippen molar-refractivity contribution in [1.82, 2.24) is 24.6 Å². The largest absolute Gasteiger partial charge is 0.340 e. The molecule has 0 radical (unpaired) electrons. The molecule has 9 nitrogen and oxygen atoms in total. The van der Waals surface area contributed by atoms with Gasteiger partial charge in [-0.25, -0.2) is 0 Å². The van der Waals surface area contributed by atoms with Gasteiger partial charge in [0, 0.05) is 59.3 Å². The second-order valence-corrected chi connectivity index (χ2v) is 12.1. The molecule has 0 spiro atoms. The van der Waals surface area contributed by atoms with Crippen molar-refractivity contribution in [3.8, 4) is 5.00 Å². The number of aromatic nitrogens is 3. The molecule has 1 atom stereocenters. The molecule has 11 heteroatoms. The van der Waals surface area contributed by atoms with E-state index in [0.717, 1.165) is 33.2 Å². The Morgan fingerprint density at radius 1 is 1.05 bits per heavy atom. The van der Waals surface area contributed by atoms with E-state index in [-0.39, 0.29) is 30.3 Å². The maximum atomic E-state index is 13.6. The maximum absolute atomic E-state index is 13.6. The molecule has 1 aromatic carbocycles. The van der Waals surface area contributed by atoms with E-state index >= 15 is 0 Å². The van der Waals surface area contributed by atoms with Crippen molar-refractivity contribution in [3.05, 3.63) is 74.2 Å². The molecule has 40 heavy (non-hydrogen) atoms. The van der Waals surface area contributed by atoms with Crippen molar-refractivity contribution in [2.45, 2.75) is 39.7 Å². The van der Waals surface area contributed by atoms with Crippen LogP contribution in [0.25, 0.3) is 5.00 Å². The zero-order valence-corrected chi connectivity index (χ0v) is 24.2. The highest BCUT2D eigenvalue weighted by molar-refractivity contribution is 7.15. The summed E-state index contributed by atoms with van der Waals surface area (Å²) in [5.41, 5.74) is 4.51. The molecule has 1 aliphatic carbocycles. The highest BCUT2D eigenvalue weighted by Crippen LogP contribution is 2.39. The van der Waals surface area contributed by atoms with E-state index in [1.54, 1.807) is 11.3 Å². The van der Waals surface area contributed by atoms with Crippen LogP contribution in [0.4, 0.5) is 0 Å². The second-order valence-electron chi connectivity index (χ2n) is 10.5. The normalized spacial score (nSPS) is 19.3. The average molecular weight is 577 g/mol. The molecule has 0 bridgehead atoms. The van der Waals surface area contributed by atoms with Crippen molar-refractivity contribution in [2.24, 2.45) is 4.99 Å². The number of amides is 1. The molecule has 1 amide bonds. The minimum atomic E-state index is -0.510. The van der Waals surface area contributed by atoms with Gasteiger partial charge < -0.3 is 4.90 Å². The Morgan fingerprint density at radius 3 is 2.45 bits per heavy atom. The third-order valence-corrected chi connectivity index (χ3v) is 9.32. The average Bonchev–Trinajstić information content (AvgIpc) is 3.53. The summed E-state index contributed by atoms with van der Waals surface area (Å²) in [5, 5.41) is 10.5. The number of aryl methyl sites for hydroxylation is 2. The molecule has 0 N–H and O–H groups in total. The van der Waals surface area contributed by atoms with Crippen molar-refractivity contribution in [2.75, 3.05) is 32.7 Å². The topological polar surface area (TPSA) is 101 Å². The van der Waals surface area contributed by atoms with E-state index in [0.29, 0.717) is 49.1 Å². The van der Waals surface area contributed by atoms with Gasteiger partial charge in [0.25, 0.3) is 0 Å². The van der Waals surface area contributed by atoms with Gasteiger partial charge in [0.15, 0.2) is 17.4 Å². The van der Waals surface area contributed by atoms with Gasteiger partial charge in [0.2, 0.25) is 5.91 Å². The molecule has 206 valence electrons. The number of aliphatic imine (C=N–C) groups is 1. The van der Waals surface area contributed by atoms with Crippen molar-refractivity contribution < 1.29 is 14.4 Å². The fourth-order valence-electron chi connectivity index (χ4n) is 5.55. The number of hydrogen-bond acceptors (Lipinski definition) is 8. The first-order valence-corrected chi connectivity index (χ1v) is 14.5. The number of rotatable bonds is 5. The lowest BCUT2D eigenvalue weighted by atomic mass is 9.99. The molecular formula is C29H29ClN6O3S. The Morgan fingerprint density at radius 2 is 1.77 bits per heavy atom. The van der Waals surface area contributed by atoms with Gasteiger partial charge in [-0.3, -0.25) is 28.8 Å². The summed E-state index contributed by atoms with van der Waals surface area (Å²) < 4.78 is 2.05. The van der Waals surface area contributed by atoms with Crippen LogP contribution in [0, 0.1) is 20.8 Å². The van der Waals surface area contributed by atoms with Gasteiger partial charge in [0.1, 0.15) is 16.9 Å². The summed E-state index contributed by atoms with van der Waals surface area (Å²) in [6.07, 6.45) is 1.60. The minimum absolute atomic E-state index is 0.000511. The summed E-state index contributed by atoms with van der Waals surface area (Å²) in [7, 11) is 0. The number of allylic oxidation sites excluding steroid dienone is 1. The van der Waals surface area contributed by atoms with Crippen molar-refractivity contribution in [3.63, 3.8) is 0 Å². The van der Waals surface area contributed by atoms with Crippen LogP contribution in [0.1, 0.15) is 52.1 Å². The zero-order chi connectivity index (χ0) is 28.1. The number of ketones is 2. The van der Waals surface area contributed by atoms with E-state index in [1.165, 1.54) is 11.0 Å². The molecule has 4 heterocycles. The second kappa shape index (κ2) is 10.5. The number of carbonyl (C=O) groups is 3. The van der Waals surface area contributed by atoms with Gasteiger partial charge in [0.05, 0.1) is 18.6 Å². The van der Waals surface area contributed by atoms with Gasteiger partial charge in [-0.1, -0.05) is 23.7 Å². The standard InChI is InChI=1S/C29H29ClN6O3S/c1-16-17(2)40-29-26(16)27(19-4-6-21(30)7-5-19)31-23(28-33-32-18(3)36(28)29)14-25(39)35-10-8-34(9-11-35)15-20-12-22(37)13-24(20)38/h4-7,12,23H,8-11,13-15H2,1-3H3/t23-/m0/s1. The number of carbonyl (C=O) groups excluding carboxylic acids is 3. The van der Waals surface area contributed by atoms with Crippen LogP contribution in [0.15, 0.2) is 40.9 Å². The van der Waals surface area contributed by atoms with Crippen LogP contribution >= 0.6 is 22.9 Å². The number of halogens is 1. The maximum Gasteiger partial charge on any atom is 0.225 e. The van der Waals surface area contributed by atoms with E-state index in [1.807, 2.05) is 36.1 Å². The molecular weight excluding hydrogens is 548 g/mol. The summed E-state index contributed by atoms with van der Waals surface area (Å²) in [6.45, 7) is 8.95. The summed E-state index contributed by atoms with van der Waals surface area (Å²) in [4.78, 5) is 47.6. The molecule has 2 aromatic heterocycles. The highest BCUT2D eigenvalue weighted by Gasteiger charge is 2.34. The van der Waals surface area contributed by atoms with Crippen LogP contribution < -0.4 is 0 Å². The van der Waals surface area contributed by atoms with Crippen LogP contribution in [0.3, 0.4) is 0 Å².